The van der Waals surface area contributed by atoms with Crippen molar-refractivity contribution in [1.82, 2.24) is 0 Å². The lowest BCUT2D eigenvalue weighted by Gasteiger charge is -2.32. The van der Waals surface area contributed by atoms with Gasteiger partial charge in [0.15, 0.2) is 0 Å². The van der Waals surface area contributed by atoms with Crippen molar-refractivity contribution in [2.24, 2.45) is 5.92 Å². The van der Waals surface area contributed by atoms with Crippen molar-refractivity contribution in [3.05, 3.63) is 24.3 Å². The summed E-state index contributed by atoms with van der Waals surface area (Å²) in [6.07, 6.45) is 8.03. The second-order valence-corrected chi connectivity index (χ2v) is 6.07. The Labute approximate surface area is 123 Å². The molecule has 112 valence electrons. The van der Waals surface area contributed by atoms with Gasteiger partial charge in [-0.2, -0.15) is 0 Å². The van der Waals surface area contributed by atoms with Gasteiger partial charge in [-0.1, -0.05) is 39.2 Å². The van der Waals surface area contributed by atoms with Gasteiger partial charge in [-0.25, -0.2) is 0 Å². The number of nitrogens with one attached hydrogen (secondary N) is 1. The van der Waals surface area contributed by atoms with Crippen LogP contribution in [0, 0.1) is 5.92 Å². The second kappa shape index (κ2) is 7.56. The molecule has 0 radical (unpaired) electrons. The molecule has 0 spiro atoms. The fourth-order valence-electron chi connectivity index (χ4n) is 3.08. The summed E-state index contributed by atoms with van der Waals surface area (Å²) in [5.74, 6) is 1.80. The molecular formula is C18H29NO. The van der Waals surface area contributed by atoms with E-state index in [1.807, 2.05) is 0 Å². The Morgan fingerprint density at radius 3 is 2.80 bits per heavy atom. The van der Waals surface area contributed by atoms with Gasteiger partial charge in [0.2, 0.25) is 0 Å². The molecule has 0 heterocycles. The van der Waals surface area contributed by atoms with Crippen LogP contribution in [0.15, 0.2) is 24.3 Å². The van der Waals surface area contributed by atoms with Crippen molar-refractivity contribution in [1.29, 1.82) is 0 Å². The Morgan fingerprint density at radius 1 is 1.25 bits per heavy atom. The molecule has 0 saturated heterocycles. The fourth-order valence-corrected chi connectivity index (χ4v) is 3.08. The normalized spacial score (nSPS) is 24.1. The van der Waals surface area contributed by atoms with E-state index >= 15 is 0 Å². The summed E-state index contributed by atoms with van der Waals surface area (Å²) in [6.45, 7) is 6.59. The highest BCUT2D eigenvalue weighted by Crippen LogP contribution is 2.30. The first-order valence-corrected chi connectivity index (χ1v) is 8.26. The summed E-state index contributed by atoms with van der Waals surface area (Å²) in [7, 11) is 0. The summed E-state index contributed by atoms with van der Waals surface area (Å²) < 4.78 is 5.91. The Hall–Kier alpha value is -1.18. The van der Waals surface area contributed by atoms with E-state index in [-0.39, 0.29) is 6.10 Å². The zero-order chi connectivity index (χ0) is 14.4. The predicted octanol–water partition coefficient (Wildman–Crippen LogP) is 5.24. The summed E-state index contributed by atoms with van der Waals surface area (Å²) in [4.78, 5) is 0. The van der Waals surface area contributed by atoms with Crippen LogP contribution in [0.2, 0.25) is 0 Å². The summed E-state index contributed by atoms with van der Waals surface area (Å²) in [5, 5.41) is 3.73. The predicted molar refractivity (Wildman–Crippen MR) is 86.5 cm³/mol. The lowest BCUT2D eigenvalue weighted by molar-refractivity contribution is 0.217. The van der Waals surface area contributed by atoms with Gasteiger partial charge in [-0.3, -0.25) is 0 Å². The average Bonchev–Trinajstić information content (AvgIpc) is 2.48. The van der Waals surface area contributed by atoms with Crippen LogP contribution in [0.4, 0.5) is 5.69 Å². The molecule has 0 aliphatic heterocycles. The molecule has 0 amide bonds. The molecule has 1 aliphatic carbocycles. The summed E-state index contributed by atoms with van der Waals surface area (Å²) >= 11 is 0. The van der Waals surface area contributed by atoms with Crippen molar-refractivity contribution in [2.45, 2.75) is 71.4 Å². The first-order chi connectivity index (χ1) is 9.72. The fraction of sp³-hybridized carbons (Fsp3) is 0.667. The Balaban J connectivity index is 1.99. The van der Waals surface area contributed by atoms with Gasteiger partial charge >= 0.3 is 0 Å². The number of anilines is 1. The molecule has 0 aromatic heterocycles. The van der Waals surface area contributed by atoms with Gasteiger partial charge in [0, 0.05) is 17.8 Å². The molecule has 2 nitrogen and oxygen atoms in total. The van der Waals surface area contributed by atoms with Crippen LogP contribution in [-0.4, -0.2) is 12.1 Å². The molecule has 1 aromatic rings. The van der Waals surface area contributed by atoms with Crippen molar-refractivity contribution in [3.63, 3.8) is 0 Å². The molecule has 0 bridgehead atoms. The zero-order valence-electron chi connectivity index (χ0n) is 13.2. The topological polar surface area (TPSA) is 21.3 Å². The Kier molecular flexibility index (Phi) is 5.75. The van der Waals surface area contributed by atoms with Gasteiger partial charge in [0.1, 0.15) is 5.75 Å². The molecule has 1 aliphatic rings. The van der Waals surface area contributed by atoms with E-state index in [9.17, 15) is 0 Å². The van der Waals surface area contributed by atoms with E-state index in [0.717, 1.165) is 18.1 Å². The minimum Gasteiger partial charge on any atom is -0.491 e. The van der Waals surface area contributed by atoms with E-state index in [1.54, 1.807) is 0 Å². The zero-order valence-corrected chi connectivity index (χ0v) is 13.2. The lowest BCUT2D eigenvalue weighted by Crippen LogP contribution is -2.31. The second-order valence-electron chi connectivity index (χ2n) is 6.07. The van der Waals surface area contributed by atoms with Crippen LogP contribution < -0.4 is 10.1 Å². The molecule has 1 fully saturated rings. The van der Waals surface area contributed by atoms with Crippen LogP contribution in [0.5, 0.6) is 5.75 Å². The van der Waals surface area contributed by atoms with Crippen LogP contribution in [0.25, 0.3) is 0 Å². The third-order valence-corrected chi connectivity index (χ3v) is 4.53. The van der Waals surface area contributed by atoms with Gasteiger partial charge in [-0.15, -0.1) is 0 Å². The van der Waals surface area contributed by atoms with Crippen molar-refractivity contribution < 1.29 is 4.74 Å². The molecule has 2 rings (SSSR count). The Morgan fingerprint density at radius 2 is 2.05 bits per heavy atom. The van der Waals surface area contributed by atoms with E-state index < -0.39 is 0 Å². The minimum absolute atomic E-state index is 0.281. The van der Waals surface area contributed by atoms with Crippen LogP contribution in [0.3, 0.4) is 0 Å². The molecule has 3 unspecified atom stereocenters. The molecular weight excluding hydrogens is 246 g/mol. The molecule has 2 heteroatoms. The van der Waals surface area contributed by atoms with E-state index in [0.29, 0.717) is 6.04 Å². The molecule has 3 atom stereocenters. The van der Waals surface area contributed by atoms with Gasteiger partial charge in [-0.05, 0) is 44.2 Å². The Bertz CT molecular complexity index is 404. The van der Waals surface area contributed by atoms with E-state index in [2.05, 4.69) is 50.4 Å². The van der Waals surface area contributed by atoms with Gasteiger partial charge in [0.05, 0.1) is 6.10 Å². The molecule has 1 aromatic carbocycles. The van der Waals surface area contributed by atoms with Crippen LogP contribution in [0.1, 0.15) is 59.3 Å². The smallest absolute Gasteiger partial charge is 0.121 e. The number of hydrogen-bond acceptors (Lipinski definition) is 2. The van der Waals surface area contributed by atoms with Gasteiger partial charge in [0.25, 0.3) is 0 Å². The standard InChI is InChI=1S/C18H29NO/c1-4-14(3)20-17-11-8-10-16(13-17)19-18-12-7-6-9-15(18)5-2/h8,10-11,13-15,18-19H,4-7,9,12H2,1-3H3. The summed E-state index contributed by atoms with van der Waals surface area (Å²) in [6, 6.07) is 9.07. The number of ether oxygens (including phenoxy) is 1. The highest BCUT2D eigenvalue weighted by atomic mass is 16.5. The third kappa shape index (κ3) is 4.16. The maximum Gasteiger partial charge on any atom is 0.121 e. The molecule has 20 heavy (non-hydrogen) atoms. The van der Waals surface area contributed by atoms with Crippen molar-refractivity contribution >= 4 is 5.69 Å². The largest absolute Gasteiger partial charge is 0.491 e. The summed E-state index contributed by atoms with van der Waals surface area (Å²) in [5.41, 5.74) is 1.20. The highest BCUT2D eigenvalue weighted by Gasteiger charge is 2.23. The van der Waals surface area contributed by atoms with Crippen molar-refractivity contribution in [2.75, 3.05) is 5.32 Å². The SMILES string of the molecule is CCC(C)Oc1cccc(NC2CCCCC2CC)c1. The van der Waals surface area contributed by atoms with Crippen LogP contribution >= 0.6 is 0 Å². The van der Waals surface area contributed by atoms with E-state index in [4.69, 9.17) is 4.74 Å². The maximum atomic E-state index is 5.91. The number of hydrogen-bond donors (Lipinski definition) is 1. The lowest BCUT2D eigenvalue weighted by atomic mass is 9.83. The monoisotopic (exact) mass is 275 g/mol. The van der Waals surface area contributed by atoms with E-state index in [1.165, 1.54) is 37.8 Å². The maximum absolute atomic E-state index is 5.91. The minimum atomic E-state index is 0.281. The first kappa shape index (κ1) is 15.2. The molecule has 1 saturated carbocycles. The van der Waals surface area contributed by atoms with Crippen molar-refractivity contribution in [3.8, 4) is 5.75 Å². The first-order valence-electron chi connectivity index (χ1n) is 8.26. The third-order valence-electron chi connectivity index (χ3n) is 4.53. The quantitative estimate of drug-likeness (QED) is 0.766. The number of rotatable bonds is 6. The number of benzene rings is 1. The average molecular weight is 275 g/mol. The highest BCUT2D eigenvalue weighted by molar-refractivity contribution is 5.49. The van der Waals surface area contributed by atoms with Gasteiger partial charge < -0.3 is 10.1 Å². The van der Waals surface area contributed by atoms with Crippen LogP contribution in [-0.2, 0) is 0 Å². The molecule has 1 N–H and O–H groups in total.